The molecule has 0 unspecified atom stereocenters. The van der Waals surface area contributed by atoms with E-state index in [9.17, 15) is 19.5 Å². The van der Waals surface area contributed by atoms with Crippen molar-refractivity contribution >= 4 is 23.4 Å². The Hall–Kier alpha value is -5.30. The second-order valence-corrected chi connectivity index (χ2v) is 13.0. The third-order valence-electron chi connectivity index (χ3n) is 8.10. The molecular formula is C35H42N8O5. The average Bonchev–Trinajstić information content (AvgIpc) is 3.49. The van der Waals surface area contributed by atoms with Crippen LogP contribution in [0.15, 0.2) is 83.7 Å². The lowest BCUT2D eigenvalue weighted by atomic mass is 9.90. The van der Waals surface area contributed by atoms with Gasteiger partial charge in [-0.1, -0.05) is 54.6 Å². The predicted octanol–water partition coefficient (Wildman–Crippen LogP) is 3.30. The van der Waals surface area contributed by atoms with Gasteiger partial charge in [-0.15, -0.1) is 0 Å². The number of carbonyl (C=O) groups is 2. The first-order chi connectivity index (χ1) is 22.9. The molecule has 4 aromatic rings. The number of ether oxygens (including phenoxy) is 1. The number of rotatable bonds is 10. The summed E-state index contributed by atoms with van der Waals surface area (Å²) in [6.45, 7) is 6.26. The summed E-state index contributed by atoms with van der Waals surface area (Å²) in [5, 5.41) is 30.1. The molecule has 13 nitrogen and oxygen atoms in total. The molecule has 13 heteroatoms. The summed E-state index contributed by atoms with van der Waals surface area (Å²) in [6.07, 6.45) is 4.86. The first-order valence-corrected chi connectivity index (χ1v) is 15.9. The van der Waals surface area contributed by atoms with E-state index < -0.39 is 22.9 Å². The zero-order valence-corrected chi connectivity index (χ0v) is 27.7. The van der Waals surface area contributed by atoms with Crippen molar-refractivity contribution in [2.24, 2.45) is 0 Å². The lowest BCUT2D eigenvalue weighted by Gasteiger charge is -2.38. The molecule has 0 atom stereocenters. The number of likely N-dealkylation sites (tertiary alicyclic amines) is 1. The number of nitrogens with zero attached hydrogens (tertiary/aromatic N) is 5. The molecule has 48 heavy (non-hydrogen) atoms. The number of carbonyl (C=O) groups excluding carboxylic acids is 2. The number of fused-ring (bicyclic) bond motifs is 1. The number of hydrogen-bond acceptors (Lipinski definition) is 9. The molecule has 0 radical (unpaired) electrons. The Balaban J connectivity index is 1.22. The topological polar surface area (TPSA) is 167 Å². The van der Waals surface area contributed by atoms with E-state index in [2.05, 4.69) is 20.7 Å². The molecule has 0 bridgehead atoms. The van der Waals surface area contributed by atoms with Crippen LogP contribution >= 0.6 is 0 Å². The van der Waals surface area contributed by atoms with Gasteiger partial charge >= 0.3 is 6.09 Å². The fourth-order valence-electron chi connectivity index (χ4n) is 5.58. The minimum Gasteiger partial charge on any atom is -0.444 e. The van der Waals surface area contributed by atoms with E-state index in [1.54, 1.807) is 45.1 Å². The minimum absolute atomic E-state index is 0.00193. The monoisotopic (exact) mass is 654 g/mol. The average molecular weight is 655 g/mol. The van der Waals surface area contributed by atoms with Gasteiger partial charge in [0.25, 0.3) is 11.5 Å². The molecular weight excluding hydrogens is 612 g/mol. The van der Waals surface area contributed by atoms with Crippen molar-refractivity contribution in [2.75, 3.05) is 20.1 Å². The summed E-state index contributed by atoms with van der Waals surface area (Å²) < 4.78 is 8.10. The van der Waals surface area contributed by atoms with E-state index in [0.717, 1.165) is 16.7 Å². The highest BCUT2D eigenvalue weighted by Crippen LogP contribution is 2.26. The molecule has 2 aromatic carbocycles. The lowest BCUT2D eigenvalue weighted by Crippen LogP contribution is -2.50. The van der Waals surface area contributed by atoms with Crippen LogP contribution in [-0.4, -0.2) is 78.2 Å². The third kappa shape index (κ3) is 8.15. The van der Waals surface area contributed by atoms with Crippen molar-refractivity contribution in [3.63, 3.8) is 0 Å². The predicted molar refractivity (Wildman–Crippen MR) is 182 cm³/mol. The summed E-state index contributed by atoms with van der Waals surface area (Å²) in [7, 11) is 1.69. The molecule has 1 saturated heterocycles. The summed E-state index contributed by atoms with van der Waals surface area (Å²) in [4.78, 5) is 44.8. The number of aliphatic hydroxyl groups is 1. The number of aromatic nitrogens is 4. The zero-order chi connectivity index (χ0) is 34.5. The number of benzene rings is 2. The van der Waals surface area contributed by atoms with Crippen LogP contribution in [0, 0.1) is 5.41 Å². The smallest absolute Gasteiger partial charge is 0.407 e. The van der Waals surface area contributed by atoms with E-state index in [1.165, 1.54) is 15.4 Å². The molecule has 1 fully saturated rings. The Morgan fingerprint density at radius 3 is 2.40 bits per heavy atom. The van der Waals surface area contributed by atoms with Gasteiger partial charge in [-0.3, -0.25) is 14.2 Å². The second-order valence-electron chi connectivity index (χ2n) is 13.0. The van der Waals surface area contributed by atoms with Crippen molar-refractivity contribution in [1.82, 2.24) is 34.7 Å². The first kappa shape index (κ1) is 34.0. The first-order valence-electron chi connectivity index (χ1n) is 15.9. The number of piperidine rings is 1. The number of amides is 2. The number of alkyl carbamates (subject to hydrolysis) is 1. The van der Waals surface area contributed by atoms with E-state index in [1.807, 2.05) is 54.6 Å². The standard InChI is InChI=1S/C35H42N8O5/c1-34(2,3)48-33(46)39-19-25-10-12-26(13-11-25)29-21-38-30-32(45)42(23-40-43(29)30)22-35(47)14-16-41(17-15-35)31(44)27(20-37-4)28(36)18-24-8-6-5-7-9-24/h5-13,20-21,23,36-37,47H,14-19,22H2,1-4H3,(H,39,46)/b27-20+,36-28?. The number of imidazole rings is 1. The van der Waals surface area contributed by atoms with Crippen molar-refractivity contribution < 1.29 is 19.4 Å². The highest BCUT2D eigenvalue weighted by molar-refractivity contribution is 6.20. The SMILES string of the molecule is CN/C=C(\C(=N)Cc1ccccc1)C(=O)N1CCC(O)(Cn2cnn3c(-c4ccc(CNC(=O)OC(C)(C)C)cc4)cnc3c2=O)CC1. The van der Waals surface area contributed by atoms with Gasteiger partial charge in [0.1, 0.15) is 11.9 Å². The van der Waals surface area contributed by atoms with Crippen molar-refractivity contribution in [3.8, 4) is 11.3 Å². The van der Waals surface area contributed by atoms with Crippen LogP contribution in [0.4, 0.5) is 4.79 Å². The Labute approximate surface area is 278 Å². The van der Waals surface area contributed by atoms with Gasteiger partial charge in [-0.05, 0) is 44.7 Å². The maximum Gasteiger partial charge on any atom is 0.407 e. The van der Waals surface area contributed by atoms with Crippen molar-refractivity contribution in [1.29, 1.82) is 5.41 Å². The lowest BCUT2D eigenvalue weighted by molar-refractivity contribution is -0.131. The van der Waals surface area contributed by atoms with E-state index in [0.29, 0.717) is 18.7 Å². The molecule has 1 aliphatic heterocycles. The van der Waals surface area contributed by atoms with E-state index in [-0.39, 0.29) is 55.3 Å². The molecule has 0 aliphatic carbocycles. The summed E-state index contributed by atoms with van der Waals surface area (Å²) in [5.41, 5.74) is 1.61. The van der Waals surface area contributed by atoms with Crippen LogP contribution in [0.3, 0.4) is 0 Å². The fraction of sp³-hybridized carbons (Fsp3) is 0.371. The molecule has 5 rings (SSSR count). The minimum atomic E-state index is -1.23. The Kier molecular flexibility index (Phi) is 10.1. The van der Waals surface area contributed by atoms with Crippen LogP contribution in [0.25, 0.3) is 16.9 Å². The largest absolute Gasteiger partial charge is 0.444 e. The second kappa shape index (κ2) is 14.2. The van der Waals surface area contributed by atoms with Gasteiger partial charge in [-0.2, -0.15) is 5.10 Å². The quantitative estimate of drug-likeness (QED) is 0.149. The molecule has 4 N–H and O–H groups in total. The number of hydrogen-bond donors (Lipinski definition) is 4. The summed E-state index contributed by atoms with van der Waals surface area (Å²) in [6, 6.07) is 17.0. The Bertz CT molecular complexity index is 1860. The Morgan fingerprint density at radius 1 is 1.06 bits per heavy atom. The van der Waals surface area contributed by atoms with Crippen LogP contribution < -0.4 is 16.2 Å². The van der Waals surface area contributed by atoms with Gasteiger partial charge in [-0.25, -0.2) is 14.3 Å². The van der Waals surface area contributed by atoms with Crippen LogP contribution in [0.1, 0.15) is 44.7 Å². The van der Waals surface area contributed by atoms with Crippen LogP contribution in [0.2, 0.25) is 0 Å². The maximum absolute atomic E-state index is 13.4. The van der Waals surface area contributed by atoms with Crippen LogP contribution in [0.5, 0.6) is 0 Å². The zero-order valence-electron chi connectivity index (χ0n) is 27.7. The van der Waals surface area contributed by atoms with Gasteiger partial charge in [0.05, 0.1) is 29.6 Å². The maximum atomic E-state index is 13.4. The summed E-state index contributed by atoms with van der Waals surface area (Å²) in [5.74, 6) is -0.273. The van der Waals surface area contributed by atoms with Gasteiger partial charge < -0.3 is 30.8 Å². The molecule has 2 aromatic heterocycles. The molecule has 0 spiro atoms. The van der Waals surface area contributed by atoms with E-state index in [4.69, 9.17) is 10.1 Å². The van der Waals surface area contributed by atoms with Crippen molar-refractivity contribution in [3.05, 3.63) is 100 Å². The Morgan fingerprint density at radius 2 is 1.75 bits per heavy atom. The third-order valence-corrected chi connectivity index (χ3v) is 8.10. The highest BCUT2D eigenvalue weighted by atomic mass is 16.6. The van der Waals surface area contributed by atoms with Gasteiger partial charge in [0.15, 0.2) is 0 Å². The molecule has 3 heterocycles. The van der Waals surface area contributed by atoms with Gasteiger partial charge in [0.2, 0.25) is 5.65 Å². The molecule has 2 amide bonds. The summed E-state index contributed by atoms with van der Waals surface area (Å²) >= 11 is 0. The molecule has 0 saturated carbocycles. The van der Waals surface area contributed by atoms with Gasteiger partial charge in [0, 0.05) is 50.6 Å². The molecule has 1 aliphatic rings. The highest BCUT2D eigenvalue weighted by Gasteiger charge is 2.36. The number of nitrogens with one attached hydrogen (secondary N) is 3. The molecule has 252 valence electrons. The van der Waals surface area contributed by atoms with Crippen molar-refractivity contribution in [2.45, 2.75) is 64.3 Å². The fourth-order valence-corrected chi connectivity index (χ4v) is 5.58. The normalized spacial score (nSPS) is 14.9. The van der Waals surface area contributed by atoms with Crippen LogP contribution in [-0.2, 0) is 29.0 Å². The van der Waals surface area contributed by atoms with E-state index >= 15 is 0 Å².